The third-order valence-corrected chi connectivity index (χ3v) is 4.85. The standard InChI is InChI=1S/C20H27N3O/c1-2-3-9-18-15-19(24)22-20(21-18)23-12-10-17(11-13-23)14-16-7-5-4-6-8-16/h4-8,15,17H,2-3,9-14H2,1H3,(H,21,22,24). The number of nitrogens with one attached hydrogen (secondary N) is 1. The molecule has 128 valence electrons. The van der Waals surface area contributed by atoms with E-state index in [1.807, 2.05) is 0 Å². The number of piperidine rings is 1. The molecule has 0 spiro atoms. The van der Waals surface area contributed by atoms with Crippen molar-refractivity contribution in [2.45, 2.75) is 45.4 Å². The molecule has 1 aromatic heterocycles. The van der Waals surface area contributed by atoms with Crippen molar-refractivity contribution < 1.29 is 0 Å². The van der Waals surface area contributed by atoms with Gasteiger partial charge in [-0.15, -0.1) is 0 Å². The average molecular weight is 325 g/mol. The molecule has 2 heterocycles. The molecular weight excluding hydrogens is 298 g/mol. The second kappa shape index (κ2) is 8.13. The van der Waals surface area contributed by atoms with E-state index in [2.05, 4.69) is 52.1 Å². The normalized spacial score (nSPS) is 15.6. The van der Waals surface area contributed by atoms with E-state index in [9.17, 15) is 4.79 Å². The summed E-state index contributed by atoms with van der Waals surface area (Å²) >= 11 is 0. The molecule has 0 aliphatic carbocycles. The average Bonchev–Trinajstić information content (AvgIpc) is 2.61. The summed E-state index contributed by atoms with van der Waals surface area (Å²) in [7, 11) is 0. The molecule has 0 radical (unpaired) electrons. The molecule has 1 aliphatic rings. The molecule has 0 amide bonds. The number of hydrogen-bond acceptors (Lipinski definition) is 3. The number of aryl methyl sites for hydroxylation is 1. The Kier molecular flexibility index (Phi) is 5.68. The van der Waals surface area contributed by atoms with Crippen LogP contribution in [0, 0.1) is 5.92 Å². The van der Waals surface area contributed by atoms with Gasteiger partial charge in [-0.1, -0.05) is 43.7 Å². The second-order valence-electron chi connectivity index (χ2n) is 6.78. The predicted molar refractivity (Wildman–Crippen MR) is 98.6 cm³/mol. The Hall–Kier alpha value is -2.10. The Morgan fingerprint density at radius 3 is 2.67 bits per heavy atom. The monoisotopic (exact) mass is 325 g/mol. The van der Waals surface area contributed by atoms with Gasteiger partial charge in [-0.2, -0.15) is 0 Å². The number of anilines is 1. The van der Waals surface area contributed by atoms with Crippen molar-refractivity contribution in [3.63, 3.8) is 0 Å². The van der Waals surface area contributed by atoms with Crippen LogP contribution in [0.1, 0.15) is 43.9 Å². The fraction of sp³-hybridized carbons (Fsp3) is 0.500. The van der Waals surface area contributed by atoms with E-state index in [0.29, 0.717) is 0 Å². The molecule has 1 N–H and O–H groups in total. The molecule has 24 heavy (non-hydrogen) atoms. The van der Waals surface area contributed by atoms with Crippen molar-refractivity contribution >= 4 is 5.95 Å². The summed E-state index contributed by atoms with van der Waals surface area (Å²) in [6.07, 6.45) is 6.53. The van der Waals surface area contributed by atoms with Crippen LogP contribution in [0.15, 0.2) is 41.2 Å². The van der Waals surface area contributed by atoms with Gasteiger partial charge >= 0.3 is 0 Å². The number of H-pyrrole nitrogens is 1. The van der Waals surface area contributed by atoms with Gasteiger partial charge < -0.3 is 4.90 Å². The Bertz CT molecular complexity index is 688. The minimum Gasteiger partial charge on any atom is -0.342 e. The van der Waals surface area contributed by atoms with Gasteiger partial charge in [0.25, 0.3) is 5.56 Å². The highest BCUT2D eigenvalue weighted by Crippen LogP contribution is 2.23. The van der Waals surface area contributed by atoms with Crippen molar-refractivity contribution in [2.75, 3.05) is 18.0 Å². The summed E-state index contributed by atoms with van der Waals surface area (Å²) in [6, 6.07) is 12.4. The maximum atomic E-state index is 11.9. The second-order valence-corrected chi connectivity index (χ2v) is 6.78. The van der Waals surface area contributed by atoms with Crippen molar-refractivity contribution in [3.05, 3.63) is 58.0 Å². The summed E-state index contributed by atoms with van der Waals surface area (Å²) in [5.74, 6) is 1.48. The molecule has 4 heteroatoms. The largest absolute Gasteiger partial charge is 0.342 e. The van der Waals surface area contributed by atoms with Crippen LogP contribution in [-0.2, 0) is 12.8 Å². The minimum absolute atomic E-state index is 0.0301. The smallest absolute Gasteiger partial charge is 0.252 e. The Morgan fingerprint density at radius 2 is 1.96 bits per heavy atom. The van der Waals surface area contributed by atoms with E-state index in [0.717, 1.165) is 69.2 Å². The van der Waals surface area contributed by atoms with Gasteiger partial charge in [-0.3, -0.25) is 9.78 Å². The topological polar surface area (TPSA) is 49.0 Å². The number of aromatic nitrogens is 2. The van der Waals surface area contributed by atoms with Gasteiger partial charge in [0.1, 0.15) is 0 Å². The number of unbranched alkanes of at least 4 members (excludes halogenated alkanes) is 1. The van der Waals surface area contributed by atoms with Gasteiger partial charge in [-0.05, 0) is 43.6 Å². The lowest BCUT2D eigenvalue weighted by Crippen LogP contribution is -2.36. The first kappa shape index (κ1) is 16.7. The summed E-state index contributed by atoms with van der Waals surface area (Å²) < 4.78 is 0. The molecule has 3 rings (SSSR count). The highest BCUT2D eigenvalue weighted by atomic mass is 16.1. The van der Waals surface area contributed by atoms with Gasteiger partial charge in [0.15, 0.2) is 0 Å². The van der Waals surface area contributed by atoms with Crippen LogP contribution in [0.5, 0.6) is 0 Å². The lowest BCUT2D eigenvalue weighted by molar-refractivity contribution is 0.400. The molecule has 0 bridgehead atoms. The van der Waals surface area contributed by atoms with Crippen LogP contribution < -0.4 is 10.5 Å². The van der Waals surface area contributed by atoms with Crippen molar-refractivity contribution in [1.82, 2.24) is 9.97 Å². The molecular formula is C20H27N3O. The summed E-state index contributed by atoms with van der Waals surface area (Å²) in [6.45, 7) is 4.10. The zero-order valence-corrected chi connectivity index (χ0v) is 14.5. The number of aromatic amines is 1. The first-order valence-corrected chi connectivity index (χ1v) is 9.13. The number of rotatable bonds is 6. The van der Waals surface area contributed by atoms with E-state index in [1.165, 1.54) is 5.56 Å². The first-order chi connectivity index (χ1) is 11.7. The fourth-order valence-electron chi connectivity index (χ4n) is 3.43. The van der Waals surface area contributed by atoms with Crippen molar-refractivity contribution in [2.24, 2.45) is 5.92 Å². The fourth-order valence-corrected chi connectivity index (χ4v) is 3.43. The maximum Gasteiger partial charge on any atom is 0.252 e. The quantitative estimate of drug-likeness (QED) is 0.883. The number of benzene rings is 1. The molecule has 2 aromatic rings. The molecule has 1 saturated heterocycles. The SMILES string of the molecule is CCCCc1cc(=O)[nH]c(N2CCC(Cc3ccccc3)CC2)n1. The first-order valence-electron chi connectivity index (χ1n) is 9.13. The maximum absolute atomic E-state index is 11.9. The van der Waals surface area contributed by atoms with Gasteiger partial charge in [0, 0.05) is 24.8 Å². The van der Waals surface area contributed by atoms with Gasteiger partial charge in [-0.25, -0.2) is 4.98 Å². The third-order valence-electron chi connectivity index (χ3n) is 4.85. The highest BCUT2D eigenvalue weighted by molar-refractivity contribution is 5.31. The van der Waals surface area contributed by atoms with E-state index >= 15 is 0 Å². The Morgan fingerprint density at radius 1 is 1.21 bits per heavy atom. The van der Waals surface area contributed by atoms with Gasteiger partial charge in [0.2, 0.25) is 5.95 Å². The summed E-state index contributed by atoms with van der Waals surface area (Å²) in [4.78, 5) is 21.7. The minimum atomic E-state index is -0.0301. The molecule has 0 atom stereocenters. The molecule has 0 saturated carbocycles. The van der Waals surface area contributed by atoms with E-state index in [-0.39, 0.29) is 5.56 Å². The lowest BCUT2D eigenvalue weighted by atomic mass is 9.90. The number of hydrogen-bond donors (Lipinski definition) is 1. The van der Waals surface area contributed by atoms with Crippen LogP contribution in [-0.4, -0.2) is 23.1 Å². The van der Waals surface area contributed by atoms with E-state index in [1.54, 1.807) is 6.07 Å². The third kappa shape index (κ3) is 4.47. The molecule has 4 nitrogen and oxygen atoms in total. The van der Waals surface area contributed by atoms with Crippen LogP contribution >= 0.6 is 0 Å². The lowest BCUT2D eigenvalue weighted by Gasteiger charge is -2.32. The Labute approximate surface area is 143 Å². The number of nitrogens with zero attached hydrogens (tertiary/aromatic N) is 2. The Balaban J connectivity index is 1.60. The van der Waals surface area contributed by atoms with E-state index in [4.69, 9.17) is 0 Å². The van der Waals surface area contributed by atoms with Crippen LogP contribution in [0.2, 0.25) is 0 Å². The highest BCUT2D eigenvalue weighted by Gasteiger charge is 2.21. The summed E-state index contributed by atoms with van der Waals surface area (Å²) in [5.41, 5.74) is 2.31. The van der Waals surface area contributed by atoms with Gasteiger partial charge in [0.05, 0.1) is 0 Å². The predicted octanol–water partition coefficient (Wildman–Crippen LogP) is 3.57. The molecule has 1 aromatic carbocycles. The molecule has 0 unspecified atom stereocenters. The zero-order chi connectivity index (χ0) is 16.8. The molecule has 1 fully saturated rings. The molecule has 1 aliphatic heterocycles. The van der Waals surface area contributed by atoms with E-state index < -0.39 is 0 Å². The van der Waals surface area contributed by atoms with Crippen LogP contribution in [0.25, 0.3) is 0 Å². The van der Waals surface area contributed by atoms with Crippen LogP contribution in [0.4, 0.5) is 5.95 Å². The zero-order valence-electron chi connectivity index (χ0n) is 14.5. The van der Waals surface area contributed by atoms with Crippen molar-refractivity contribution in [3.8, 4) is 0 Å². The van der Waals surface area contributed by atoms with Crippen LogP contribution in [0.3, 0.4) is 0 Å². The van der Waals surface area contributed by atoms with Crippen molar-refractivity contribution in [1.29, 1.82) is 0 Å². The summed E-state index contributed by atoms with van der Waals surface area (Å²) in [5, 5.41) is 0.